The molecule has 1 unspecified atom stereocenters. The minimum Gasteiger partial charge on any atom is -0.319 e. The number of carbonyl (C=O) groups excluding carboxylic acids is 1. The van der Waals surface area contributed by atoms with E-state index in [0.717, 1.165) is 31.0 Å². The Morgan fingerprint density at radius 3 is 3.26 bits per heavy atom. The normalized spacial score (nSPS) is 19.6. The van der Waals surface area contributed by atoms with Gasteiger partial charge in [0.1, 0.15) is 5.65 Å². The largest absolute Gasteiger partial charge is 0.322 e. The fourth-order valence-corrected chi connectivity index (χ4v) is 2.33. The first-order valence-corrected chi connectivity index (χ1v) is 6.45. The topological polar surface area (TPSA) is 61.7 Å². The van der Waals surface area contributed by atoms with Crippen molar-refractivity contribution in [3.63, 3.8) is 0 Å². The molecule has 2 amide bonds. The number of piperazine rings is 1. The van der Waals surface area contributed by atoms with Crippen LogP contribution in [0.2, 0.25) is 0 Å². The summed E-state index contributed by atoms with van der Waals surface area (Å²) in [4.78, 5) is 18.3. The summed E-state index contributed by atoms with van der Waals surface area (Å²) in [5.41, 5.74) is 1.60. The minimum atomic E-state index is -0.0510. The summed E-state index contributed by atoms with van der Waals surface area (Å²) in [5, 5.41) is 6.20. The summed E-state index contributed by atoms with van der Waals surface area (Å²) in [6.07, 6.45) is 5.50. The maximum absolute atomic E-state index is 12.2. The van der Waals surface area contributed by atoms with Crippen molar-refractivity contribution in [1.29, 1.82) is 0 Å². The van der Waals surface area contributed by atoms with Gasteiger partial charge in [0.15, 0.2) is 0 Å². The predicted molar refractivity (Wildman–Crippen MR) is 73.2 cm³/mol. The number of hydrogen-bond donors (Lipinski definition) is 2. The fourth-order valence-electron chi connectivity index (χ4n) is 2.33. The van der Waals surface area contributed by atoms with E-state index in [1.807, 2.05) is 40.8 Å². The lowest BCUT2D eigenvalue weighted by Crippen LogP contribution is -2.53. The van der Waals surface area contributed by atoms with Gasteiger partial charge in [-0.1, -0.05) is 0 Å². The van der Waals surface area contributed by atoms with Gasteiger partial charge in [-0.15, -0.1) is 0 Å². The molecule has 3 heterocycles. The summed E-state index contributed by atoms with van der Waals surface area (Å²) in [7, 11) is 0. The first-order chi connectivity index (χ1) is 9.24. The molecule has 1 aliphatic rings. The smallest absolute Gasteiger partial charge is 0.319 e. The average Bonchev–Trinajstić information content (AvgIpc) is 2.86. The molecular formula is C13H17N5O. The van der Waals surface area contributed by atoms with Crippen LogP contribution in [0.15, 0.2) is 30.7 Å². The number of amides is 2. The average molecular weight is 259 g/mol. The van der Waals surface area contributed by atoms with Gasteiger partial charge in [0.25, 0.3) is 0 Å². The predicted octanol–water partition coefficient (Wildman–Crippen LogP) is 1.16. The molecule has 2 N–H and O–H groups in total. The van der Waals surface area contributed by atoms with Gasteiger partial charge >= 0.3 is 6.03 Å². The lowest BCUT2D eigenvalue weighted by Gasteiger charge is -2.33. The Labute approximate surface area is 111 Å². The lowest BCUT2D eigenvalue weighted by atomic mass is 10.2. The molecule has 6 nitrogen and oxygen atoms in total. The van der Waals surface area contributed by atoms with Gasteiger partial charge in [-0.05, 0) is 13.0 Å². The van der Waals surface area contributed by atoms with E-state index in [4.69, 9.17) is 0 Å². The minimum absolute atomic E-state index is 0.0510. The maximum Gasteiger partial charge on any atom is 0.322 e. The zero-order chi connectivity index (χ0) is 13.2. The zero-order valence-corrected chi connectivity index (χ0v) is 10.8. The van der Waals surface area contributed by atoms with Crippen molar-refractivity contribution in [3.05, 3.63) is 30.7 Å². The highest BCUT2D eigenvalue weighted by atomic mass is 16.2. The summed E-state index contributed by atoms with van der Waals surface area (Å²) < 4.78 is 1.91. The van der Waals surface area contributed by atoms with Gasteiger partial charge < -0.3 is 19.9 Å². The number of imidazole rings is 1. The summed E-state index contributed by atoms with van der Waals surface area (Å²) >= 11 is 0. The molecular weight excluding hydrogens is 242 g/mol. The van der Waals surface area contributed by atoms with Gasteiger partial charge in [0.2, 0.25) is 0 Å². The number of pyridine rings is 1. The van der Waals surface area contributed by atoms with Crippen LogP contribution in [0, 0.1) is 0 Å². The third kappa shape index (κ3) is 2.39. The number of anilines is 1. The van der Waals surface area contributed by atoms with Crippen LogP contribution in [0.1, 0.15) is 6.92 Å². The van der Waals surface area contributed by atoms with Gasteiger partial charge in [-0.25, -0.2) is 9.78 Å². The van der Waals surface area contributed by atoms with E-state index in [1.165, 1.54) is 0 Å². The molecule has 0 aromatic carbocycles. The monoisotopic (exact) mass is 259 g/mol. The molecule has 1 aliphatic heterocycles. The second kappa shape index (κ2) is 4.89. The van der Waals surface area contributed by atoms with E-state index in [0.29, 0.717) is 0 Å². The van der Waals surface area contributed by atoms with Crippen LogP contribution in [0.5, 0.6) is 0 Å². The molecule has 0 bridgehead atoms. The Bertz CT molecular complexity index is 593. The summed E-state index contributed by atoms with van der Waals surface area (Å²) in [6.45, 7) is 4.46. The molecule has 0 aliphatic carbocycles. The standard InChI is InChI=1S/C13H17N5O/c1-10-9-14-3-7-18(10)13(19)16-11-2-5-17-6-4-15-12(17)8-11/h2,4-6,8,10,14H,3,7,9H2,1H3,(H,16,19). The third-order valence-electron chi connectivity index (χ3n) is 3.41. The van der Waals surface area contributed by atoms with Crippen molar-refractivity contribution in [3.8, 4) is 0 Å². The molecule has 2 aromatic rings. The van der Waals surface area contributed by atoms with Gasteiger partial charge in [0.05, 0.1) is 0 Å². The van der Waals surface area contributed by atoms with Crippen LogP contribution in [-0.2, 0) is 0 Å². The fraction of sp³-hybridized carbons (Fsp3) is 0.385. The van der Waals surface area contributed by atoms with Crippen molar-refractivity contribution >= 4 is 17.4 Å². The first kappa shape index (κ1) is 12.0. The Hall–Kier alpha value is -2.08. The van der Waals surface area contributed by atoms with Crippen LogP contribution < -0.4 is 10.6 Å². The molecule has 0 radical (unpaired) electrons. The van der Waals surface area contributed by atoms with E-state index in [2.05, 4.69) is 15.6 Å². The molecule has 0 saturated carbocycles. The number of rotatable bonds is 1. The lowest BCUT2D eigenvalue weighted by molar-refractivity contribution is 0.177. The second-order valence-electron chi connectivity index (χ2n) is 4.78. The molecule has 3 rings (SSSR count). The molecule has 1 atom stereocenters. The quantitative estimate of drug-likeness (QED) is 0.808. The summed E-state index contributed by atoms with van der Waals surface area (Å²) in [6, 6.07) is 3.90. The second-order valence-corrected chi connectivity index (χ2v) is 4.78. The first-order valence-electron chi connectivity index (χ1n) is 6.45. The Morgan fingerprint density at radius 2 is 2.42 bits per heavy atom. The van der Waals surface area contributed by atoms with Crippen LogP contribution in [-0.4, -0.2) is 46.0 Å². The molecule has 1 saturated heterocycles. The molecule has 2 aromatic heterocycles. The number of aromatic nitrogens is 2. The number of carbonyl (C=O) groups is 1. The molecule has 0 spiro atoms. The third-order valence-corrected chi connectivity index (χ3v) is 3.41. The number of fused-ring (bicyclic) bond motifs is 1. The Kier molecular flexibility index (Phi) is 3.08. The van der Waals surface area contributed by atoms with E-state index in [-0.39, 0.29) is 12.1 Å². The van der Waals surface area contributed by atoms with Crippen molar-refractivity contribution in [2.75, 3.05) is 25.0 Å². The molecule has 100 valence electrons. The van der Waals surface area contributed by atoms with Gasteiger partial charge in [-0.3, -0.25) is 0 Å². The number of hydrogen-bond acceptors (Lipinski definition) is 3. The highest BCUT2D eigenvalue weighted by Gasteiger charge is 2.22. The van der Waals surface area contributed by atoms with Crippen LogP contribution >= 0.6 is 0 Å². The van der Waals surface area contributed by atoms with Crippen molar-refractivity contribution in [1.82, 2.24) is 19.6 Å². The SMILES string of the molecule is CC1CNCCN1C(=O)Nc1ccn2ccnc2c1. The molecule has 19 heavy (non-hydrogen) atoms. The van der Waals surface area contributed by atoms with E-state index >= 15 is 0 Å². The van der Waals surface area contributed by atoms with Crippen LogP contribution in [0.3, 0.4) is 0 Å². The number of nitrogens with one attached hydrogen (secondary N) is 2. The van der Waals surface area contributed by atoms with Gasteiger partial charge in [0, 0.05) is 56.0 Å². The van der Waals surface area contributed by atoms with E-state index < -0.39 is 0 Å². The Balaban J connectivity index is 1.74. The molecule has 6 heteroatoms. The molecule has 1 fully saturated rings. The highest BCUT2D eigenvalue weighted by molar-refractivity contribution is 5.90. The summed E-state index contributed by atoms with van der Waals surface area (Å²) in [5.74, 6) is 0. The van der Waals surface area contributed by atoms with Crippen molar-refractivity contribution < 1.29 is 4.79 Å². The van der Waals surface area contributed by atoms with Crippen molar-refractivity contribution in [2.45, 2.75) is 13.0 Å². The zero-order valence-electron chi connectivity index (χ0n) is 10.8. The Morgan fingerprint density at radius 1 is 1.53 bits per heavy atom. The van der Waals surface area contributed by atoms with Crippen LogP contribution in [0.4, 0.5) is 10.5 Å². The maximum atomic E-state index is 12.2. The van der Waals surface area contributed by atoms with E-state index in [1.54, 1.807) is 6.20 Å². The highest BCUT2D eigenvalue weighted by Crippen LogP contribution is 2.12. The van der Waals surface area contributed by atoms with Crippen LogP contribution in [0.25, 0.3) is 5.65 Å². The van der Waals surface area contributed by atoms with Crippen molar-refractivity contribution in [2.24, 2.45) is 0 Å². The number of nitrogens with zero attached hydrogens (tertiary/aromatic N) is 3. The van der Waals surface area contributed by atoms with E-state index in [9.17, 15) is 4.79 Å². The van der Waals surface area contributed by atoms with Gasteiger partial charge in [-0.2, -0.15) is 0 Å². The number of urea groups is 1.